The fraction of sp³-hybridized carbons (Fsp3) is 0.182. The Hall–Kier alpha value is -3.59. The quantitative estimate of drug-likeness (QED) is 0.356. The molecule has 3 N–H and O–H groups in total. The predicted octanol–water partition coefficient (Wildman–Crippen LogP) is 3.50. The Balaban J connectivity index is 1.44. The fourth-order valence-electron chi connectivity index (χ4n) is 3.22. The first kappa shape index (κ1) is 20.7. The van der Waals surface area contributed by atoms with Crippen LogP contribution in [0.5, 0.6) is 0 Å². The molecule has 0 atom stereocenters. The predicted molar refractivity (Wildman–Crippen MR) is 123 cm³/mol. The zero-order valence-corrected chi connectivity index (χ0v) is 18.3. The Morgan fingerprint density at radius 3 is 2.45 bits per heavy atom. The number of nitrogen functional groups attached to an aromatic ring is 1. The maximum absolute atomic E-state index is 12.6. The van der Waals surface area contributed by atoms with Gasteiger partial charge in [-0.15, -0.1) is 10.2 Å². The molecule has 0 aliphatic rings. The van der Waals surface area contributed by atoms with Crippen molar-refractivity contribution in [1.29, 1.82) is 0 Å². The number of carbonyl (C=O) groups is 1. The van der Waals surface area contributed by atoms with E-state index in [2.05, 4.69) is 20.6 Å². The number of benzene rings is 2. The van der Waals surface area contributed by atoms with Crippen molar-refractivity contribution in [3.63, 3.8) is 0 Å². The van der Waals surface area contributed by atoms with E-state index in [1.54, 1.807) is 0 Å². The second-order valence-electron chi connectivity index (χ2n) is 7.17. The molecule has 0 bridgehead atoms. The van der Waals surface area contributed by atoms with E-state index in [9.17, 15) is 4.79 Å². The van der Waals surface area contributed by atoms with Crippen LogP contribution in [0.15, 0.2) is 59.8 Å². The minimum atomic E-state index is -0.163. The molecule has 0 saturated heterocycles. The SMILES string of the molecule is Cc1ccc(-c2nnc(SCC(=O)Nc3c(C)nn(-c4ccccc4)c3C)n2N)cc1. The highest BCUT2D eigenvalue weighted by atomic mass is 32.2. The van der Waals surface area contributed by atoms with E-state index >= 15 is 0 Å². The fourth-order valence-corrected chi connectivity index (χ4v) is 3.88. The van der Waals surface area contributed by atoms with Gasteiger partial charge in [-0.1, -0.05) is 59.8 Å². The summed E-state index contributed by atoms with van der Waals surface area (Å²) >= 11 is 1.23. The number of aryl methyl sites for hydroxylation is 2. The van der Waals surface area contributed by atoms with Crippen molar-refractivity contribution in [2.45, 2.75) is 25.9 Å². The molecule has 0 aliphatic carbocycles. The third kappa shape index (κ3) is 4.31. The molecule has 0 unspecified atom stereocenters. The van der Waals surface area contributed by atoms with Crippen LogP contribution in [-0.4, -0.2) is 36.3 Å². The van der Waals surface area contributed by atoms with Gasteiger partial charge in [0.2, 0.25) is 11.1 Å². The lowest BCUT2D eigenvalue weighted by Crippen LogP contribution is -2.17. The van der Waals surface area contributed by atoms with Crippen molar-refractivity contribution in [3.05, 3.63) is 71.5 Å². The third-order valence-corrected chi connectivity index (χ3v) is 5.81. The largest absolute Gasteiger partial charge is 0.335 e. The summed E-state index contributed by atoms with van der Waals surface area (Å²) in [6.45, 7) is 5.82. The van der Waals surface area contributed by atoms with E-state index in [1.165, 1.54) is 16.4 Å². The Morgan fingerprint density at radius 1 is 1.03 bits per heavy atom. The Kier molecular flexibility index (Phi) is 5.77. The van der Waals surface area contributed by atoms with Crippen LogP contribution >= 0.6 is 11.8 Å². The number of amides is 1. The number of carbonyl (C=O) groups excluding carboxylic acids is 1. The summed E-state index contributed by atoms with van der Waals surface area (Å²) in [5, 5.41) is 16.3. The lowest BCUT2D eigenvalue weighted by atomic mass is 10.1. The number of thioether (sulfide) groups is 1. The van der Waals surface area contributed by atoms with Crippen LogP contribution in [0, 0.1) is 20.8 Å². The summed E-state index contributed by atoms with van der Waals surface area (Å²) in [7, 11) is 0. The molecule has 0 saturated carbocycles. The zero-order chi connectivity index (χ0) is 22.0. The highest BCUT2D eigenvalue weighted by Gasteiger charge is 2.17. The van der Waals surface area contributed by atoms with Crippen molar-refractivity contribution in [2.24, 2.45) is 0 Å². The summed E-state index contributed by atoms with van der Waals surface area (Å²) in [6, 6.07) is 17.7. The molecule has 158 valence electrons. The number of nitrogens with one attached hydrogen (secondary N) is 1. The number of anilines is 1. The average Bonchev–Trinajstić information content (AvgIpc) is 3.28. The summed E-state index contributed by atoms with van der Waals surface area (Å²) in [5.41, 5.74) is 5.30. The highest BCUT2D eigenvalue weighted by molar-refractivity contribution is 7.99. The van der Waals surface area contributed by atoms with Gasteiger partial charge in [0.15, 0.2) is 5.82 Å². The van der Waals surface area contributed by atoms with Crippen LogP contribution in [0.2, 0.25) is 0 Å². The van der Waals surface area contributed by atoms with Crippen molar-refractivity contribution < 1.29 is 4.79 Å². The van der Waals surface area contributed by atoms with E-state index in [0.717, 1.165) is 28.2 Å². The van der Waals surface area contributed by atoms with Crippen molar-refractivity contribution >= 4 is 23.4 Å². The van der Waals surface area contributed by atoms with Gasteiger partial charge >= 0.3 is 0 Å². The van der Waals surface area contributed by atoms with Gasteiger partial charge in [-0.25, -0.2) is 9.36 Å². The second-order valence-corrected chi connectivity index (χ2v) is 8.11. The van der Waals surface area contributed by atoms with Crippen molar-refractivity contribution in [1.82, 2.24) is 24.7 Å². The minimum absolute atomic E-state index is 0.151. The molecule has 0 fully saturated rings. The van der Waals surface area contributed by atoms with Gasteiger partial charge < -0.3 is 11.2 Å². The van der Waals surface area contributed by atoms with Crippen LogP contribution in [-0.2, 0) is 4.79 Å². The highest BCUT2D eigenvalue weighted by Crippen LogP contribution is 2.25. The maximum Gasteiger partial charge on any atom is 0.234 e. The lowest BCUT2D eigenvalue weighted by molar-refractivity contribution is -0.113. The van der Waals surface area contributed by atoms with Gasteiger partial charge in [-0.3, -0.25) is 4.79 Å². The molecule has 8 nitrogen and oxygen atoms in total. The van der Waals surface area contributed by atoms with Gasteiger partial charge in [0, 0.05) is 5.56 Å². The van der Waals surface area contributed by atoms with Gasteiger partial charge in [0.1, 0.15) is 0 Å². The van der Waals surface area contributed by atoms with Crippen molar-refractivity contribution in [2.75, 3.05) is 16.9 Å². The molecule has 31 heavy (non-hydrogen) atoms. The molecular formula is C22H23N7OS. The Labute approximate surface area is 184 Å². The second kappa shape index (κ2) is 8.65. The van der Waals surface area contributed by atoms with E-state index in [1.807, 2.05) is 80.1 Å². The first-order chi connectivity index (χ1) is 14.9. The standard InChI is InChI=1S/C22H23N7OS/c1-14-9-11-17(12-10-14)21-25-26-22(28(21)23)31-13-19(30)24-20-15(2)27-29(16(20)3)18-7-5-4-6-8-18/h4-12H,13,23H2,1-3H3,(H,24,30). The smallest absolute Gasteiger partial charge is 0.234 e. The van der Waals surface area contributed by atoms with Gasteiger partial charge in [-0.2, -0.15) is 5.10 Å². The van der Waals surface area contributed by atoms with Gasteiger partial charge in [0.25, 0.3) is 0 Å². The number of hydrogen-bond acceptors (Lipinski definition) is 6. The third-order valence-electron chi connectivity index (χ3n) is 4.86. The van der Waals surface area contributed by atoms with Crippen LogP contribution in [0.1, 0.15) is 17.0 Å². The van der Waals surface area contributed by atoms with Gasteiger partial charge in [0.05, 0.1) is 28.5 Å². The molecule has 0 radical (unpaired) electrons. The summed E-state index contributed by atoms with van der Waals surface area (Å²) in [4.78, 5) is 12.6. The first-order valence-electron chi connectivity index (χ1n) is 9.76. The van der Waals surface area contributed by atoms with E-state index in [4.69, 9.17) is 5.84 Å². The number of rotatable bonds is 6. The molecule has 4 aromatic rings. The van der Waals surface area contributed by atoms with Crippen LogP contribution in [0.3, 0.4) is 0 Å². The summed E-state index contributed by atoms with van der Waals surface area (Å²) in [5.74, 6) is 6.70. The molecule has 0 aliphatic heterocycles. The Bertz CT molecular complexity index is 1210. The normalized spacial score (nSPS) is 10.9. The topological polar surface area (TPSA) is 104 Å². The Morgan fingerprint density at radius 2 is 1.74 bits per heavy atom. The lowest BCUT2D eigenvalue weighted by Gasteiger charge is -2.07. The number of aromatic nitrogens is 5. The summed E-state index contributed by atoms with van der Waals surface area (Å²) in [6.07, 6.45) is 0. The minimum Gasteiger partial charge on any atom is -0.335 e. The number of nitrogens with zero attached hydrogens (tertiary/aromatic N) is 5. The molecule has 4 rings (SSSR count). The molecular weight excluding hydrogens is 410 g/mol. The first-order valence-corrected chi connectivity index (χ1v) is 10.7. The number of hydrogen-bond donors (Lipinski definition) is 2. The number of para-hydroxylation sites is 1. The molecule has 2 aromatic carbocycles. The maximum atomic E-state index is 12.6. The van der Waals surface area contributed by atoms with E-state index in [0.29, 0.717) is 16.7 Å². The van der Waals surface area contributed by atoms with Crippen LogP contribution in [0.4, 0.5) is 5.69 Å². The van der Waals surface area contributed by atoms with E-state index < -0.39 is 0 Å². The number of nitrogens with two attached hydrogens (primary N) is 1. The molecule has 9 heteroatoms. The van der Waals surface area contributed by atoms with Crippen LogP contribution < -0.4 is 11.2 Å². The monoisotopic (exact) mass is 433 g/mol. The van der Waals surface area contributed by atoms with Gasteiger partial charge in [-0.05, 0) is 32.9 Å². The molecule has 0 spiro atoms. The van der Waals surface area contributed by atoms with Crippen LogP contribution in [0.25, 0.3) is 17.1 Å². The summed E-state index contributed by atoms with van der Waals surface area (Å²) < 4.78 is 3.23. The zero-order valence-electron chi connectivity index (χ0n) is 17.5. The molecule has 1 amide bonds. The van der Waals surface area contributed by atoms with E-state index in [-0.39, 0.29) is 11.7 Å². The van der Waals surface area contributed by atoms with Crippen molar-refractivity contribution in [3.8, 4) is 17.1 Å². The molecule has 2 aromatic heterocycles. The molecule has 2 heterocycles. The average molecular weight is 434 g/mol.